The molecule has 0 aromatic heterocycles. The maximum atomic E-state index is 11.3. The van der Waals surface area contributed by atoms with Gasteiger partial charge in [0.25, 0.3) is 0 Å². The zero-order chi connectivity index (χ0) is 13.3. The third kappa shape index (κ3) is 13.2. The molecule has 0 radical (unpaired) electrons. The quantitative estimate of drug-likeness (QED) is 0.700. The zero-order valence-corrected chi connectivity index (χ0v) is 12.0. The van der Waals surface area contributed by atoms with Gasteiger partial charge < -0.3 is 15.0 Å². The van der Waals surface area contributed by atoms with Crippen molar-refractivity contribution in [3.8, 4) is 0 Å². The number of amides is 1. The van der Waals surface area contributed by atoms with Crippen LogP contribution in [0.25, 0.3) is 0 Å². The number of nitrogens with one attached hydrogen (secondary N) is 1. The Balaban J connectivity index is 3.31. The zero-order valence-electron chi connectivity index (χ0n) is 12.0. The topological polar surface area (TPSA) is 41.6 Å². The number of carbonyl (C=O) groups is 1. The van der Waals surface area contributed by atoms with E-state index in [0.717, 1.165) is 19.4 Å². The molecule has 0 aromatic rings. The van der Waals surface area contributed by atoms with E-state index in [0.29, 0.717) is 6.54 Å². The van der Waals surface area contributed by atoms with Crippen LogP contribution in [0.4, 0.5) is 4.79 Å². The summed E-state index contributed by atoms with van der Waals surface area (Å²) >= 11 is 0. The lowest BCUT2D eigenvalue weighted by Crippen LogP contribution is -2.32. The van der Waals surface area contributed by atoms with Gasteiger partial charge in [-0.25, -0.2) is 4.79 Å². The minimum absolute atomic E-state index is 0.314. The molecule has 4 nitrogen and oxygen atoms in total. The minimum atomic E-state index is -0.407. The van der Waals surface area contributed by atoms with Gasteiger partial charge in [0, 0.05) is 6.54 Å². The second kappa shape index (κ2) is 8.34. The molecule has 0 rings (SSSR count). The Labute approximate surface area is 106 Å². The summed E-state index contributed by atoms with van der Waals surface area (Å²) in [5.41, 5.74) is -0.407. The van der Waals surface area contributed by atoms with Crippen LogP contribution in [0.3, 0.4) is 0 Å². The van der Waals surface area contributed by atoms with Gasteiger partial charge in [0.15, 0.2) is 0 Å². The van der Waals surface area contributed by atoms with E-state index >= 15 is 0 Å². The second-order valence-electron chi connectivity index (χ2n) is 5.65. The van der Waals surface area contributed by atoms with E-state index in [4.69, 9.17) is 4.74 Å². The first kappa shape index (κ1) is 16.2. The van der Waals surface area contributed by atoms with Gasteiger partial charge in [0.2, 0.25) is 0 Å². The van der Waals surface area contributed by atoms with Crippen molar-refractivity contribution in [1.29, 1.82) is 0 Å². The van der Waals surface area contributed by atoms with E-state index in [1.165, 1.54) is 12.8 Å². The molecule has 1 amide bonds. The van der Waals surface area contributed by atoms with E-state index in [-0.39, 0.29) is 6.09 Å². The molecule has 0 aliphatic rings. The van der Waals surface area contributed by atoms with E-state index in [2.05, 4.69) is 24.3 Å². The Hall–Kier alpha value is -0.770. The molecule has 0 saturated carbocycles. The third-order valence-electron chi connectivity index (χ3n) is 2.20. The Kier molecular flexibility index (Phi) is 7.96. The highest BCUT2D eigenvalue weighted by atomic mass is 16.6. The summed E-state index contributed by atoms with van der Waals surface area (Å²) in [7, 11) is 4.17. The van der Waals surface area contributed by atoms with Crippen molar-refractivity contribution in [2.75, 3.05) is 27.2 Å². The summed E-state index contributed by atoms with van der Waals surface area (Å²) < 4.78 is 5.14. The molecular formula is C13H28N2O2. The summed E-state index contributed by atoms with van der Waals surface area (Å²) in [5.74, 6) is 0. The van der Waals surface area contributed by atoms with Crippen molar-refractivity contribution >= 4 is 6.09 Å². The van der Waals surface area contributed by atoms with Crippen LogP contribution in [0.2, 0.25) is 0 Å². The molecule has 0 fully saturated rings. The largest absolute Gasteiger partial charge is 0.444 e. The van der Waals surface area contributed by atoms with Crippen LogP contribution >= 0.6 is 0 Å². The number of nitrogens with zero attached hydrogens (tertiary/aromatic N) is 1. The molecule has 17 heavy (non-hydrogen) atoms. The lowest BCUT2D eigenvalue weighted by Gasteiger charge is -2.19. The molecule has 1 N–H and O–H groups in total. The fourth-order valence-corrected chi connectivity index (χ4v) is 1.41. The van der Waals surface area contributed by atoms with Crippen molar-refractivity contribution in [3.63, 3.8) is 0 Å². The third-order valence-corrected chi connectivity index (χ3v) is 2.20. The van der Waals surface area contributed by atoms with Crippen LogP contribution in [0.5, 0.6) is 0 Å². The molecule has 0 aromatic carbocycles. The standard InChI is InChI=1S/C13H28N2O2/c1-13(2,3)17-12(16)14-10-8-6-7-9-11-15(4)5/h6-11H2,1-5H3,(H,14,16). The fraction of sp³-hybridized carbons (Fsp3) is 0.923. The summed E-state index contributed by atoms with van der Waals surface area (Å²) in [6.07, 6.45) is 4.30. The first-order chi connectivity index (χ1) is 7.81. The normalized spacial score (nSPS) is 11.6. The van der Waals surface area contributed by atoms with Gasteiger partial charge in [-0.1, -0.05) is 12.8 Å². The molecule has 0 aliphatic heterocycles. The number of hydrogen-bond donors (Lipinski definition) is 1. The Bertz CT molecular complexity index is 210. The number of hydrogen-bond acceptors (Lipinski definition) is 3. The summed E-state index contributed by atoms with van der Waals surface area (Å²) in [6, 6.07) is 0. The predicted molar refractivity (Wildman–Crippen MR) is 71.3 cm³/mol. The molecule has 4 heteroatoms. The van der Waals surface area contributed by atoms with Crippen LogP contribution in [0.1, 0.15) is 46.5 Å². The fourth-order valence-electron chi connectivity index (χ4n) is 1.41. The maximum Gasteiger partial charge on any atom is 0.407 e. The number of carbonyl (C=O) groups excluding carboxylic acids is 1. The van der Waals surface area contributed by atoms with E-state index in [9.17, 15) is 4.79 Å². The van der Waals surface area contributed by atoms with Crippen molar-refractivity contribution in [3.05, 3.63) is 0 Å². The number of unbranched alkanes of at least 4 members (excludes halogenated alkanes) is 3. The summed E-state index contributed by atoms with van der Waals surface area (Å²) in [5, 5.41) is 2.77. The van der Waals surface area contributed by atoms with Gasteiger partial charge in [-0.2, -0.15) is 0 Å². The molecule has 102 valence electrons. The Morgan fingerprint density at radius 1 is 1.12 bits per heavy atom. The highest BCUT2D eigenvalue weighted by molar-refractivity contribution is 5.67. The van der Waals surface area contributed by atoms with Gasteiger partial charge in [0.1, 0.15) is 5.60 Å². The smallest absolute Gasteiger partial charge is 0.407 e. The van der Waals surface area contributed by atoms with Crippen molar-refractivity contribution < 1.29 is 9.53 Å². The van der Waals surface area contributed by atoms with Crippen molar-refractivity contribution in [2.24, 2.45) is 0 Å². The van der Waals surface area contributed by atoms with Crippen LogP contribution < -0.4 is 5.32 Å². The van der Waals surface area contributed by atoms with Gasteiger partial charge in [-0.05, 0) is 54.3 Å². The van der Waals surface area contributed by atoms with Crippen LogP contribution in [0, 0.1) is 0 Å². The van der Waals surface area contributed by atoms with Gasteiger partial charge in [-0.3, -0.25) is 0 Å². The monoisotopic (exact) mass is 244 g/mol. The average Bonchev–Trinajstić information content (AvgIpc) is 2.12. The molecule has 0 aliphatic carbocycles. The van der Waals surface area contributed by atoms with Crippen molar-refractivity contribution in [1.82, 2.24) is 10.2 Å². The summed E-state index contributed by atoms with van der Waals surface area (Å²) in [4.78, 5) is 13.5. The van der Waals surface area contributed by atoms with Gasteiger partial charge in [-0.15, -0.1) is 0 Å². The molecule has 0 bridgehead atoms. The van der Waals surface area contributed by atoms with Crippen molar-refractivity contribution in [2.45, 2.75) is 52.1 Å². The van der Waals surface area contributed by atoms with E-state index in [1.807, 2.05) is 20.8 Å². The maximum absolute atomic E-state index is 11.3. The molecule has 0 atom stereocenters. The second-order valence-corrected chi connectivity index (χ2v) is 5.65. The average molecular weight is 244 g/mol. The number of alkyl carbamates (subject to hydrolysis) is 1. The highest BCUT2D eigenvalue weighted by Gasteiger charge is 2.15. The molecule has 0 heterocycles. The molecular weight excluding hydrogens is 216 g/mol. The Morgan fingerprint density at radius 2 is 1.71 bits per heavy atom. The number of ether oxygens (including phenoxy) is 1. The van der Waals surface area contributed by atoms with Gasteiger partial charge in [0.05, 0.1) is 0 Å². The SMILES string of the molecule is CN(C)CCCCCCNC(=O)OC(C)(C)C. The first-order valence-electron chi connectivity index (χ1n) is 6.43. The van der Waals surface area contributed by atoms with Crippen LogP contribution in [0.15, 0.2) is 0 Å². The summed E-state index contributed by atoms with van der Waals surface area (Å²) in [6.45, 7) is 7.45. The first-order valence-corrected chi connectivity index (χ1v) is 6.43. The molecule has 0 saturated heterocycles. The lowest BCUT2D eigenvalue weighted by atomic mass is 10.2. The van der Waals surface area contributed by atoms with Crippen LogP contribution in [-0.2, 0) is 4.74 Å². The Morgan fingerprint density at radius 3 is 2.24 bits per heavy atom. The lowest BCUT2D eigenvalue weighted by molar-refractivity contribution is 0.0527. The van der Waals surface area contributed by atoms with E-state index in [1.54, 1.807) is 0 Å². The highest BCUT2D eigenvalue weighted by Crippen LogP contribution is 2.06. The van der Waals surface area contributed by atoms with Crippen LogP contribution in [-0.4, -0.2) is 43.8 Å². The molecule has 0 unspecified atom stereocenters. The van der Waals surface area contributed by atoms with E-state index < -0.39 is 5.60 Å². The van der Waals surface area contributed by atoms with Gasteiger partial charge >= 0.3 is 6.09 Å². The minimum Gasteiger partial charge on any atom is -0.444 e. The predicted octanol–water partition coefficient (Wildman–Crippen LogP) is 2.63. The number of rotatable bonds is 7. The molecule has 0 spiro atoms.